The number of carbonyl (C=O) groups excluding carboxylic acids is 1. The molecular weight excluding hydrogens is 226 g/mol. The Hall–Kier alpha value is -2.08. The van der Waals surface area contributed by atoms with E-state index in [1.54, 1.807) is 6.08 Å². The highest BCUT2D eigenvalue weighted by atomic mass is 16.5. The summed E-state index contributed by atoms with van der Waals surface area (Å²) < 4.78 is 5.01. The minimum absolute atomic E-state index is 0.0386. The van der Waals surface area contributed by atoms with Crippen LogP contribution in [0.15, 0.2) is 29.8 Å². The molecule has 0 aliphatic rings. The summed E-state index contributed by atoms with van der Waals surface area (Å²) in [6.07, 6.45) is 3.33. The molecule has 1 aromatic rings. The zero-order valence-electron chi connectivity index (χ0n) is 10.8. The summed E-state index contributed by atoms with van der Waals surface area (Å²) in [6.45, 7) is 4.34. The maximum absolute atomic E-state index is 11.6. The van der Waals surface area contributed by atoms with E-state index in [4.69, 9.17) is 10.00 Å². The number of carbonyl (C=O) groups is 1. The first-order valence-electron chi connectivity index (χ1n) is 6.03. The van der Waals surface area contributed by atoms with E-state index in [1.165, 1.54) is 0 Å². The molecule has 94 valence electrons. The van der Waals surface area contributed by atoms with Gasteiger partial charge in [0.25, 0.3) is 0 Å². The van der Waals surface area contributed by atoms with Gasteiger partial charge >= 0.3 is 5.97 Å². The number of esters is 1. The Balaban J connectivity index is 2.77. The van der Waals surface area contributed by atoms with Crippen molar-refractivity contribution in [2.45, 2.75) is 26.7 Å². The normalized spacial score (nSPS) is 10.8. The highest BCUT2D eigenvalue weighted by Crippen LogP contribution is 2.10. The summed E-state index contributed by atoms with van der Waals surface area (Å²) in [7, 11) is 0. The van der Waals surface area contributed by atoms with Gasteiger partial charge in [-0.1, -0.05) is 43.2 Å². The fraction of sp³-hybridized carbons (Fsp3) is 0.333. The van der Waals surface area contributed by atoms with E-state index in [0.29, 0.717) is 6.61 Å². The van der Waals surface area contributed by atoms with E-state index in [9.17, 15) is 4.79 Å². The van der Waals surface area contributed by atoms with Crippen LogP contribution in [-0.2, 0) is 9.53 Å². The van der Waals surface area contributed by atoms with Crippen LogP contribution in [0.4, 0.5) is 0 Å². The molecule has 0 unspecified atom stereocenters. The van der Waals surface area contributed by atoms with Gasteiger partial charge in [0.15, 0.2) is 0 Å². The molecule has 0 saturated heterocycles. The summed E-state index contributed by atoms with van der Waals surface area (Å²) in [5, 5.41) is 8.96. The average Bonchev–Trinajstić information content (AvgIpc) is 2.36. The van der Waals surface area contributed by atoms with Crippen molar-refractivity contribution in [1.29, 1.82) is 5.26 Å². The number of ether oxygens (including phenoxy) is 1. The first-order valence-corrected chi connectivity index (χ1v) is 6.03. The second kappa shape index (κ2) is 7.29. The standard InChI is InChI=1S/C15H17NO2/c1-3-4-8-18-15(17)14(11-16)10-13-7-5-6-12(2)9-13/h5-7,9-10H,3-4,8H2,1-2H3. The quantitative estimate of drug-likeness (QED) is 0.345. The predicted octanol–water partition coefficient (Wildman–Crippen LogP) is 3.25. The SMILES string of the molecule is CCCCOC(=O)C(C#N)=Cc1cccc(C)c1. The molecular formula is C15H17NO2. The number of hydrogen-bond donors (Lipinski definition) is 0. The molecule has 0 bridgehead atoms. The Morgan fingerprint density at radius 3 is 2.89 bits per heavy atom. The molecule has 3 nitrogen and oxygen atoms in total. The van der Waals surface area contributed by atoms with Gasteiger partial charge in [0, 0.05) is 0 Å². The zero-order chi connectivity index (χ0) is 13.4. The summed E-state index contributed by atoms with van der Waals surface area (Å²) in [5.74, 6) is -0.549. The van der Waals surface area contributed by atoms with E-state index in [1.807, 2.05) is 44.2 Å². The fourth-order valence-corrected chi connectivity index (χ4v) is 1.45. The van der Waals surface area contributed by atoms with Crippen molar-refractivity contribution in [3.8, 4) is 6.07 Å². The summed E-state index contributed by atoms with van der Waals surface area (Å²) >= 11 is 0. The van der Waals surface area contributed by atoms with Crippen LogP contribution in [0.25, 0.3) is 6.08 Å². The number of nitrogens with zero attached hydrogens (tertiary/aromatic N) is 1. The lowest BCUT2D eigenvalue weighted by atomic mass is 10.1. The van der Waals surface area contributed by atoms with E-state index in [0.717, 1.165) is 24.0 Å². The van der Waals surface area contributed by atoms with Crippen molar-refractivity contribution in [3.05, 3.63) is 41.0 Å². The molecule has 0 atom stereocenters. The highest BCUT2D eigenvalue weighted by molar-refractivity contribution is 5.97. The molecule has 3 heteroatoms. The highest BCUT2D eigenvalue weighted by Gasteiger charge is 2.10. The van der Waals surface area contributed by atoms with Crippen molar-refractivity contribution in [2.24, 2.45) is 0 Å². The molecule has 0 N–H and O–H groups in total. The lowest BCUT2D eigenvalue weighted by Gasteiger charge is -2.02. The fourth-order valence-electron chi connectivity index (χ4n) is 1.45. The Bertz CT molecular complexity index is 484. The Labute approximate surface area is 108 Å². The Morgan fingerprint density at radius 2 is 2.28 bits per heavy atom. The van der Waals surface area contributed by atoms with Gasteiger partial charge in [-0.2, -0.15) is 5.26 Å². The third kappa shape index (κ3) is 4.42. The van der Waals surface area contributed by atoms with Gasteiger partial charge in [0.05, 0.1) is 6.61 Å². The van der Waals surface area contributed by atoms with Gasteiger partial charge in [-0.05, 0) is 25.0 Å². The second-order valence-corrected chi connectivity index (χ2v) is 4.07. The molecule has 0 aliphatic carbocycles. The second-order valence-electron chi connectivity index (χ2n) is 4.07. The number of benzene rings is 1. The van der Waals surface area contributed by atoms with Crippen molar-refractivity contribution in [3.63, 3.8) is 0 Å². The lowest BCUT2D eigenvalue weighted by molar-refractivity contribution is -0.138. The molecule has 0 aliphatic heterocycles. The first-order chi connectivity index (χ1) is 8.67. The minimum Gasteiger partial charge on any atom is -0.462 e. The largest absolute Gasteiger partial charge is 0.462 e. The van der Waals surface area contributed by atoms with Crippen LogP contribution >= 0.6 is 0 Å². The minimum atomic E-state index is -0.549. The van der Waals surface area contributed by atoms with Crippen molar-refractivity contribution in [1.82, 2.24) is 0 Å². The Morgan fingerprint density at radius 1 is 1.50 bits per heavy atom. The first kappa shape index (κ1) is 14.0. The summed E-state index contributed by atoms with van der Waals surface area (Å²) in [4.78, 5) is 11.6. The number of rotatable bonds is 5. The molecule has 0 spiro atoms. The van der Waals surface area contributed by atoms with Crippen LogP contribution in [0.5, 0.6) is 0 Å². The molecule has 0 heterocycles. The number of hydrogen-bond acceptors (Lipinski definition) is 3. The molecule has 0 amide bonds. The Kier molecular flexibility index (Phi) is 5.66. The van der Waals surface area contributed by atoms with E-state index in [-0.39, 0.29) is 5.57 Å². The molecule has 0 aromatic heterocycles. The molecule has 0 saturated carbocycles. The predicted molar refractivity (Wildman–Crippen MR) is 70.6 cm³/mol. The maximum Gasteiger partial charge on any atom is 0.348 e. The van der Waals surface area contributed by atoms with Crippen LogP contribution in [0.2, 0.25) is 0 Å². The van der Waals surface area contributed by atoms with Gasteiger partial charge in [-0.25, -0.2) is 4.79 Å². The lowest BCUT2D eigenvalue weighted by Crippen LogP contribution is -2.07. The van der Waals surface area contributed by atoms with Crippen LogP contribution in [0.1, 0.15) is 30.9 Å². The molecule has 0 fully saturated rings. The third-order valence-corrected chi connectivity index (χ3v) is 2.42. The van der Waals surface area contributed by atoms with Crippen molar-refractivity contribution >= 4 is 12.0 Å². The third-order valence-electron chi connectivity index (χ3n) is 2.42. The van der Waals surface area contributed by atoms with Crippen LogP contribution in [-0.4, -0.2) is 12.6 Å². The maximum atomic E-state index is 11.6. The zero-order valence-corrected chi connectivity index (χ0v) is 10.8. The van der Waals surface area contributed by atoms with E-state index in [2.05, 4.69) is 0 Å². The number of nitriles is 1. The topological polar surface area (TPSA) is 50.1 Å². The van der Waals surface area contributed by atoms with Crippen LogP contribution in [0.3, 0.4) is 0 Å². The van der Waals surface area contributed by atoms with Crippen LogP contribution < -0.4 is 0 Å². The number of aryl methyl sites for hydroxylation is 1. The average molecular weight is 243 g/mol. The summed E-state index contributed by atoms with van der Waals surface area (Å²) in [6, 6.07) is 9.50. The van der Waals surface area contributed by atoms with E-state index < -0.39 is 5.97 Å². The van der Waals surface area contributed by atoms with Gasteiger partial charge in [0.1, 0.15) is 11.6 Å². The van der Waals surface area contributed by atoms with Gasteiger partial charge in [-0.3, -0.25) is 0 Å². The van der Waals surface area contributed by atoms with E-state index >= 15 is 0 Å². The molecule has 1 rings (SSSR count). The monoisotopic (exact) mass is 243 g/mol. The van der Waals surface area contributed by atoms with Gasteiger partial charge in [0.2, 0.25) is 0 Å². The van der Waals surface area contributed by atoms with Crippen molar-refractivity contribution < 1.29 is 9.53 Å². The molecule has 1 aromatic carbocycles. The molecule has 0 radical (unpaired) electrons. The molecule has 18 heavy (non-hydrogen) atoms. The smallest absolute Gasteiger partial charge is 0.348 e. The summed E-state index contributed by atoms with van der Waals surface area (Å²) in [5.41, 5.74) is 1.95. The number of unbranched alkanes of at least 4 members (excludes halogenated alkanes) is 1. The van der Waals surface area contributed by atoms with Crippen molar-refractivity contribution in [2.75, 3.05) is 6.61 Å². The van der Waals surface area contributed by atoms with Crippen LogP contribution in [0, 0.1) is 18.3 Å². The van der Waals surface area contributed by atoms with Gasteiger partial charge < -0.3 is 4.74 Å². The van der Waals surface area contributed by atoms with Gasteiger partial charge in [-0.15, -0.1) is 0 Å².